The lowest BCUT2D eigenvalue weighted by Gasteiger charge is -2.35. The Balaban J connectivity index is 1.88. The first kappa shape index (κ1) is 20.1. The average molecular weight is 432 g/mol. The fraction of sp³-hybridized carbons (Fsp3) is 0.200. The minimum Gasteiger partial charge on any atom is -0.381 e. The van der Waals surface area contributed by atoms with Crippen molar-refractivity contribution in [3.63, 3.8) is 0 Å². The van der Waals surface area contributed by atoms with Crippen LogP contribution in [-0.4, -0.2) is 29.4 Å². The molecule has 0 aliphatic carbocycles. The standard InChI is InChI=1S/C20H16ClF2N5O2/c1-12(28-11-25-18-6-13(21)2-4-15(18)19(28)29)20(30,8-27-10-24-9-26-27)16-5-3-14(22)7-17(16)23/h2-7,9-12,30H,8H2,1H3/t12-,20+/m0/s1. The van der Waals surface area contributed by atoms with Gasteiger partial charge in [-0.3, -0.25) is 9.36 Å². The number of fused-ring (bicyclic) bond motifs is 1. The van der Waals surface area contributed by atoms with Crippen LogP contribution in [0.25, 0.3) is 10.9 Å². The van der Waals surface area contributed by atoms with Crippen molar-refractivity contribution in [2.24, 2.45) is 0 Å². The van der Waals surface area contributed by atoms with Gasteiger partial charge in [0.1, 0.15) is 29.9 Å². The van der Waals surface area contributed by atoms with Crippen LogP contribution in [0, 0.1) is 11.6 Å². The van der Waals surface area contributed by atoms with Gasteiger partial charge in [0.2, 0.25) is 0 Å². The fourth-order valence-corrected chi connectivity index (χ4v) is 3.62. The third-order valence-corrected chi connectivity index (χ3v) is 5.36. The summed E-state index contributed by atoms with van der Waals surface area (Å²) in [6.07, 6.45) is 3.88. The van der Waals surface area contributed by atoms with Crippen LogP contribution in [0.5, 0.6) is 0 Å². The highest BCUT2D eigenvalue weighted by Gasteiger charge is 2.41. The zero-order valence-electron chi connectivity index (χ0n) is 15.7. The van der Waals surface area contributed by atoms with Crippen LogP contribution in [0.3, 0.4) is 0 Å². The summed E-state index contributed by atoms with van der Waals surface area (Å²) in [4.78, 5) is 21.2. The molecule has 10 heteroatoms. The van der Waals surface area contributed by atoms with E-state index in [-0.39, 0.29) is 17.5 Å². The van der Waals surface area contributed by atoms with E-state index in [1.54, 1.807) is 19.1 Å². The molecular formula is C20H16ClF2N5O2. The molecule has 1 N–H and O–H groups in total. The molecule has 0 fully saturated rings. The molecule has 0 amide bonds. The predicted octanol–water partition coefficient (Wildman–Crippen LogP) is 3.07. The van der Waals surface area contributed by atoms with Gasteiger partial charge >= 0.3 is 0 Å². The van der Waals surface area contributed by atoms with E-state index in [0.717, 1.165) is 12.1 Å². The second kappa shape index (κ2) is 7.58. The Bertz CT molecular complexity index is 1280. The Labute approximate surface area is 174 Å². The molecule has 4 rings (SSSR count). The number of hydrogen-bond acceptors (Lipinski definition) is 5. The van der Waals surface area contributed by atoms with Crippen molar-refractivity contribution in [1.82, 2.24) is 24.3 Å². The molecule has 0 aliphatic rings. The van der Waals surface area contributed by atoms with E-state index in [1.807, 2.05) is 0 Å². The molecule has 4 aromatic rings. The van der Waals surface area contributed by atoms with E-state index >= 15 is 0 Å². The highest BCUT2D eigenvalue weighted by atomic mass is 35.5. The third-order valence-electron chi connectivity index (χ3n) is 5.12. The van der Waals surface area contributed by atoms with E-state index in [2.05, 4.69) is 15.1 Å². The summed E-state index contributed by atoms with van der Waals surface area (Å²) >= 11 is 5.96. The number of hydrogen-bond donors (Lipinski definition) is 1. The summed E-state index contributed by atoms with van der Waals surface area (Å²) in [7, 11) is 0. The molecule has 0 unspecified atom stereocenters. The van der Waals surface area contributed by atoms with E-state index in [1.165, 1.54) is 34.3 Å². The zero-order valence-corrected chi connectivity index (χ0v) is 16.5. The van der Waals surface area contributed by atoms with Crippen LogP contribution in [0.1, 0.15) is 18.5 Å². The van der Waals surface area contributed by atoms with E-state index in [0.29, 0.717) is 16.6 Å². The van der Waals surface area contributed by atoms with Gasteiger partial charge in [-0.05, 0) is 31.2 Å². The number of halogens is 3. The Morgan fingerprint density at radius 3 is 2.70 bits per heavy atom. The molecular weight excluding hydrogens is 416 g/mol. The SMILES string of the molecule is C[C@H](n1cnc2cc(Cl)ccc2c1=O)[C@](O)(Cn1cncn1)c1ccc(F)cc1F. The summed E-state index contributed by atoms with van der Waals surface area (Å²) in [6.45, 7) is 1.31. The number of nitrogens with zero attached hydrogens (tertiary/aromatic N) is 5. The van der Waals surface area contributed by atoms with Gasteiger partial charge in [0.25, 0.3) is 5.56 Å². The fourth-order valence-electron chi connectivity index (χ4n) is 3.46. The molecule has 2 atom stereocenters. The lowest BCUT2D eigenvalue weighted by atomic mass is 9.86. The first-order valence-electron chi connectivity index (χ1n) is 8.96. The number of aromatic nitrogens is 5. The maximum absolute atomic E-state index is 14.7. The number of rotatable bonds is 5. The molecule has 154 valence electrons. The monoisotopic (exact) mass is 431 g/mol. The van der Waals surface area contributed by atoms with Crippen molar-refractivity contribution in [3.05, 3.63) is 88.0 Å². The number of benzene rings is 2. The summed E-state index contributed by atoms with van der Waals surface area (Å²) in [5.74, 6) is -1.73. The lowest BCUT2D eigenvalue weighted by Crippen LogP contribution is -2.43. The van der Waals surface area contributed by atoms with Gasteiger partial charge in [-0.15, -0.1) is 0 Å². The first-order chi connectivity index (χ1) is 14.3. The van der Waals surface area contributed by atoms with Crippen LogP contribution < -0.4 is 5.56 Å². The highest BCUT2D eigenvalue weighted by Crippen LogP contribution is 2.36. The van der Waals surface area contributed by atoms with Gasteiger partial charge in [0.05, 0.1) is 29.8 Å². The van der Waals surface area contributed by atoms with E-state index in [9.17, 15) is 18.7 Å². The van der Waals surface area contributed by atoms with Crippen LogP contribution in [0.15, 0.2) is 60.2 Å². The van der Waals surface area contributed by atoms with Gasteiger partial charge in [-0.1, -0.05) is 17.7 Å². The molecule has 30 heavy (non-hydrogen) atoms. The normalized spacial score (nSPS) is 14.6. The second-order valence-corrected chi connectivity index (χ2v) is 7.37. The van der Waals surface area contributed by atoms with Crippen molar-refractivity contribution in [3.8, 4) is 0 Å². The largest absolute Gasteiger partial charge is 0.381 e. The Morgan fingerprint density at radius 1 is 1.20 bits per heavy atom. The van der Waals surface area contributed by atoms with Crippen LogP contribution in [0.2, 0.25) is 5.02 Å². The van der Waals surface area contributed by atoms with Gasteiger partial charge < -0.3 is 5.11 Å². The van der Waals surface area contributed by atoms with Crippen molar-refractivity contribution >= 4 is 22.5 Å². The highest BCUT2D eigenvalue weighted by molar-refractivity contribution is 6.31. The molecule has 7 nitrogen and oxygen atoms in total. The van der Waals surface area contributed by atoms with E-state index in [4.69, 9.17) is 11.6 Å². The summed E-state index contributed by atoms with van der Waals surface area (Å²) < 4.78 is 30.7. The molecule has 0 bridgehead atoms. The first-order valence-corrected chi connectivity index (χ1v) is 9.34. The Morgan fingerprint density at radius 2 is 2.00 bits per heavy atom. The minimum atomic E-state index is -1.98. The third kappa shape index (κ3) is 3.46. The van der Waals surface area contributed by atoms with Gasteiger partial charge in [-0.25, -0.2) is 23.4 Å². The summed E-state index contributed by atoms with van der Waals surface area (Å²) in [6, 6.07) is 6.51. The quantitative estimate of drug-likeness (QED) is 0.525. The topological polar surface area (TPSA) is 85.8 Å². The maximum atomic E-state index is 14.7. The molecule has 2 aromatic carbocycles. The summed E-state index contributed by atoms with van der Waals surface area (Å²) in [5.41, 5.74) is -2.21. The molecule has 2 heterocycles. The number of aliphatic hydroxyl groups is 1. The summed E-state index contributed by atoms with van der Waals surface area (Å²) in [5, 5.41) is 16.3. The van der Waals surface area contributed by atoms with Gasteiger partial charge in [0.15, 0.2) is 0 Å². The molecule has 2 aromatic heterocycles. The smallest absolute Gasteiger partial charge is 0.261 e. The van der Waals surface area contributed by atoms with Crippen molar-refractivity contribution in [2.45, 2.75) is 25.1 Å². The van der Waals surface area contributed by atoms with E-state index < -0.39 is 28.8 Å². The maximum Gasteiger partial charge on any atom is 0.261 e. The van der Waals surface area contributed by atoms with Crippen LogP contribution in [0.4, 0.5) is 8.78 Å². The predicted molar refractivity (Wildman–Crippen MR) is 106 cm³/mol. The van der Waals surface area contributed by atoms with Crippen molar-refractivity contribution in [1.29, 1.82) is 0 Å². The average Bonchev–Trinajstić information content (AvgIpc) is 3.20. The Hall–Kier alpha value is -3.17. The molecule has 0 saturated carbocycles. The lowest BCUT2D eigenvalue weighted by molar-refractivity contribution is -0.0343. The van der Waals surface area contributed by atoms with Crippen molar-refractivity contribution < 1.29 is 13.9 Å². The molecule has 0 saturated heterocycles. The van der Waals surface area contributed by atoms with Gasteiger partial charge in [0, 0.05) is 16.7 Å². The van der Waals surface area contributed by atoms with Crippen LogP contribution >= 0.6 is 11.6 Å². The zero-order chi connectivity index (χ0) is 21.5. The Kier molecular flexibility index (Phi) is 5.08. The van der Waals surface area contributed by atoms with Gasteiger partial charge in [-0.2, -0.15) is 5.10 Å². The molecule has 0 spiro atoms. The minimum absolute atomic E-state index is 0.185. The second-order valence-electron chi connectivity index (χ2n) is 6.94. The van der Waals surface area contributed by atoms with Crippen molar-refractivity contribution in [2.75, 3.05) is 0 Å². The molecule has 0 radical (unpaired) electrons. The molecule has 0 aliphatic heterocycles. The van der Waals surface area contributed by atoms with Crippen LogP contribution in [-0.2, 0) is 12.1 Å².